The molecule has 124 valence electrons. The Balaban J connectivity index is 2.24. The van der Waals surface area contributed by atoms with Crippen molar-refractivity contribution < 1.29 is 9.90 Å². The second-order valence-corrected chi connectivity index (χ2v) is 7.59. The van der Waals surface area contributed by atoms with Gasteiger partial charge in [0, 0.05) is 20.1 Å². The van der Waals surface area contributed by atoms with Crippen LogP contribution in [0.15, 0.2) is 0 Å². The second kappa shape index (κ2) is 8.62. The van der Waals surface area contributed by atoms with Gasteiger partial charge in [-0.15, -0.1) is 0 Å². The van der Waals surface area contributed by atoms with E-state index < -0.39 is 0 Å². The minimum absolute atomic E-state index is 0.00415. The summed E-state index contributed by atoms with van der Waals surface area (Å²) in [7, 11) is 1.87. The summed E-state index contributed by atoms with van der Waals surface area (Å²) in [4.78, 5) is 13.9. The normalized spacial score (nSPS) is 18.3. The van der Waals surface area contributed by atoms with Crippen LogP contribution in [0, 0.1) is 11.3 Å². The average Bonchev–Trinajstić information content (AvgIpc) is 2.42. The van der Waals surface area contributed by atoms with Crippen molar-refractivity contribution in [2.45, 2.75) is 71.8 Å². The van der Waals surface area contributed by atoms with Gasteiger partial charge in [0.05, 0.1) is 6.10 Å². The molecule has 1 fully saturated rings. The van der Waals surface area contributed by atoms with Gasteiger partial charge in [0.25, 0.3) is 0 Å². The molecule has 0 saturated heterocycles. The smallest absolute Gasteiger partial charge is 0.317 e. The summed E-state index contributed by atoms with van der Waals surface area (Å²) in [6, 6.07) is 0.00415. The molecule has 21 heavy (non-hydrogen) atoms. The molecule has 1 unspecified atom stereocenters. The number of rotatable bonds is 7. The molecule has 0 spiro atoms. The van der Waals surface area contributed by atoms with Crippen LogP contribution >= 0.6 is 0 Å². The molecule has 1 atom stereocenters. The summed E-state index contributed by atoms with van der Waals surface area (Å²) in [5.74, 6) is 0.806. The maximum atomic E-state index is 12.1. The lowest BCUT2D eigenvalue weighted by atomic mass is 9.87. The van der Waals surface area contributed by atoms with Gasteiger partial charge >= 0.3 is 6.03 Å². The lowest BCUT2D eigenvalue weighted by molar-refractivity contribution is 0.127. The van der Waals surface area contributed by atoms with Crippen molar-refractivity contribution >= 4 is 6.03 Å². The Morgan fingerprint density at radius 1 is 1.33 bits per heavy atom. The van der Waals surface area contributed by atoms with Crippen LogP contribution in [0.2, 0.25) is 0 Å². The Morgan fingerprint density at radius 2 is 1.95 bits per heavy atom. The predicted octanol–water partition coefficient (Wildman–Crippen LogP) is 3.40. The zero-order chi connectivity index (χ0) is 15.9. The number of carbonyl (C=O) groups is 1. The molecule has 4 nitrogen and oxygen atoms in total. The largest absolute Gasteiger partial charge is 0.393 e. The molecular formula is C17H34N2O2. The molecule has 0 aliphatic heterocycles. The van der Waals surface area contributed by atoms with E-state index in [9.17, 15) is 9.90 Å². The number of nitrogens with one attached hydrogen (secondary N) is 1. The standard InChI is InChI=1S/C17H34N2O2/c1-14(20)12-17(2,3)13-18-16(21)19(4)11-10-15-8-6-5-7-9-15/h14-15,20H,5-13H2,1-4H3,(H,18,21). The zero-order valence-corrected chi connectivity index (χ0v) is 14.3. The summed E-state index contributed by atoms with van der Waals surface area (Å²) >= 11 is 0. The fourth-order valence-corrected chi connectivity index (χ4v) is 3.28. The van der Waals surface area contributed by atoms with Crippen molar-refractivity contribution in [3.8, 4) is 0 Å². The van der Waals surface area contributed by atoms with E-state index >= 15 is 0 Å². The Hall–Kier alpha value is -0.770. The van der Waals surface area contributed by atoms with E-state index in [-0.39, 0.29) is 17.6 Å². The molecule has 0 aromatic rings. The SMILES string of the molecule is CC(O)CC(C)(C)CNC(=O)N(C)CCC1CCCCC1. The van der Waals surface area contributed by atoms with E-state index in [4.69, 9.17) is 0 Å². The molecule has 0 aromatic heterocycles. The molecule has 0 heterocycles. The highest BCUT2D eigenvalue weighted by Gasteiger charge is 2.22. The fourth-order valence-electron chi connectivity index (χ4n) is 3.28. The third-order valence-corrected chi connectivity index (χ3v) is 4.51. The number of aliphatic hydroxyl groups excluding tert-OH is 1. The van der Waals surface area contributed by atoms with Crippen LogP contribution in [-0.4, -0.2) is 42.3 Å². The average molecular weight is 298 g/mol. The van der Waals surface area contributed by atoms with Crippen LogP contribution in [0.3, 0.4) is 0 Å². The zero-order valence-electron chi connectivity index (χ0n) is 14.3. The molecule has 4 heteroatoms. The minimum Gasteiger partial charge on any atom is -0.393 e. The van der Waals surface area contributed by atoms with E-state index in [1.54, 1.807) is 11.8 Å². The van der Waals surface area contributed by atoms with E-state index in [1.165, 1.54) is 32.1 Å². The maximum absolute atomic E-state index is 12.1. The Morgan fingerprint density at radius 3 is 2.52 bits per heavy atom. The van der Waals surface area contributed by atoms with Crippen molar-refractivity contribution in [1.82, 2.24) is 10.2 Å². The van der Waals surface area contributed by atoms with Crippen LogP contribution in [0.25, 0.3) is 0 Å². The Labute approximate surface area is 130 Å². The van der Waals surface area contributed by atoms with Crippen LogP contribution < -0.4 is 5.32 Å². The molecular weight excluding hydrogens is 264 g/mol. The molecule has 1 saturated carbocycles. The Kier molecular flexibility index (Phi) is 7.50. The highest BCUT2D eigenvalue weighted by atomic mass is 16.3. The first-order valence-electron chi connectivity index (χ1n) is 8.47. The van der Waals surface area contributed by atoms with E-state index in [0.717, 1.165) is 18.9 Å². The number of nitrogens with zero attached hydrogens (tertiary/aromatic N) is 1. The van der Waals surface area contributed by atoms with Crippen molar-refractivity contribution in [3.63, 3.8) is 0 Å². The number of hydrogen-bond acceptors (Lipinski definition) is 2. The van der Waals surface area contributed by atoms with Gasteiger partial charge in [-0.1, -0.05) is 46.0 Å². The molecule has 0 aromatic carbocycles. The molecule has 0 bridgehead atoms. The van der Waals surface area contributed by atoms with Gasteiger partial charge in [-0.3, -0.25) is 0 Å². The van der Waals surface area contributed by atoms with E-state index in [0.29, 0.717) is 13.0 Å². The number of carbonyl (C=O) groups excluding carboxylic acids is 1. The van der Waals surface area contributed by atoms with Gasteiger partial charge < -0.3 is 15.3 Å². The van der Waals surface area contributed by atoms with Gasteiger partial charge in [0.2, 0.25) is 0 Å². The highest BCUT2D eigenvalue weighted by molar-refractivity contribution is 5.73. The first kappa shape index (κ1) is 18.3. The third-order valence-electron chi connectivity index (χ3n) is 4.51. The van der Waals surface area contributed by atoms with Crippen LogP contribution in [0.5, 0.6) is 0 Å². The summed E-state index contributed by atoms with van der Waals surface area (Å²) in [6.07, 6.45) is 8.24. The van der Waals surface area contributed by atoms with Gasteiger partial charge in [0.15, 0.2) is 0 Å². The lowest BCUT2D eigenvalue weighted by Gasteiger charge is -2.29. The van der Waals surface area contributed by atoms with Gasteiger partial charge in [-0.05, 0) is 31.1 Å². The van der Waals surface area contributed by atoms with E-state index in [2.05, 4.69) is 19.2 Å². The minimum atomic E-state index is -0.332. The summed E-state index contributed by atoms with van der Waals surface area (Å²) in [5.41, 5.74) is -0.0754. The topological polar surface area (TPSA) is 52.6 Å². The molecule has 2 N–H and O–H groups in total. The number of aliphatic hydroxyl groups is 1. The van der Waals surface area contributed by atoms with Crippen LogP contribution in [0.4, 0.5) is 4.79 Å². The molecule has 1 rings (SSSR count). The van der Waals surface area contributed by atoms with Gasteiger partial charge in [-0.25, -0.2) is 4.79 Å². The monoisotopic (exact) mass is 298 g/mol. The van der Waals surface area contributed by atoms with Gasteiger partial charge in [0.1, 0.15) is 0 Å². The first-order valence-corrected chi connectivity index (χ1v) is 8.47. The van der Waals surface area contributed by atoms with Crippen LogP contribution in [0.1, 0.15) is 65.7 Å². The summed E-state index contributed by atoms with van der Waals surface area (Å²) in [5, 5.41) is 12.5. The molecule has 2 amide bonds. The number of hydrogen-bond donors (Lipinski definition) is 2. The van der Waals surface area contributed by atoms with Crippen molar-refractivity contribution in [1.29, 1.82) is 0 Å². The van der Waals surface area contributed by atoms with Crippen molar-refractivity contribution in [3.05, 3.63) is 0 Å². The van der Waals surface area contributed by atoms with Crippen molar-refractivity contribution in [2.24, 2.45) is 11.3 Å². The first-order chi connectivity index (χ1) is 9.80. The van der Waals surface area contributed by atoms with Crippen molar-refractivity contribution in [2.75, 3.05) is 20.1 Å². The van der Waals surface area contributed by atoms with Gasteiger partial charge in [-0.2, -0.15) is 0 Å². The predicted molar refractivity (Wildman–Crippen MR) is 87.3 cm³/mol. The molecule has 1 aliphatic rings. The number of amides is 2. The quantitative estimate of drug-likeness (QED) is 0.757. The van der Waals surface area contributed by atoms with Crippen LogP contribution in [-0.2, 0) is 0 Å². The number of urea groups is 1. The molecule has 1 aliphatic carbocycles. The Bertz CT molecular complexity index is 310. The highest BCUT2D eigenvalue weighted by Crippen LogP contribution is 2.26. The summed E-state index contributed by atoms with van der Waals surface area (Å²) in [6.45, 7) is 7.38. The second-order valence-electron chi connectivity index (χ2n) is 7.59. The summed E-state index contributed by atoms with van der Waals surface area (Å²) < 4.78 is 0. The maximum Gasteiger partial charge on any atom is 0.317 e. The fraction of sp³-hybridized carbons (Fsp3) is 0.941. The van der Waals surface area contributed by atoms with E-state index in [1.807, 2.05) is 7.05 Å². The lowest BCUT2D eigenvalue weighted by Crippen LogP contribution is -2.43. The third kappa shape index (κ3) is 7.70. The molecule has 0 radical (unpaired) electrons.